The number of nitrogens with one attached hydrogen (secondary N) is 2. The van der Waals surface area contributed by atoms with Crippen molar-refractivity contribution in [3.8, 4) is 0 Å². The number of anilines is 1. The molecule has 1 atom stereocenters. The van der Waals surface area contributed by atoms with Crippen LogP contribution in [-0.4, -0.2) is 48.0 Å². The Balaban J connectivity index is 1.81. The average molecular weight is 343 g/mol. The summed E-state index contributed by atoms with van der Waals surface area (Å²) in [6.07, 6.45) is 4.48. The van der Waals surface area contributed by atoms with Gasteiger partial charge in [-0.3, -0.25) is 24.5 Å². The van der Waals surface area contributed by atoms with Gasteiger partial charge in [-0.1, -0.05) is 0 Å². The Kier molecular flexibility index (Phi) is 4.83. The first-order valence-corrected chi connectivity index (χ1v) is 8.46. The summed E-state index contributed by atoms with van der Waals surface area (Å²) in [4.78, 5) is 48.7. The first-order chi connectivity index (χ1) is 12.0. The summed E-state index contributed by atoms with van der Waals surface area (Å²) in [5.74, 6) is -1.22. The molecule has 2 aliphatic rings. The van der Waals surface area contributed by atoms with E-state index in [2.05, 4.69) is 10.6 Å². The number of hydrogen-bond acceptors (Lipinski definition) is 5. The number of rotatable bonds is 5. The van der Waals surface area contributed by atoms with Gasteiger partial charge in [0.25, 0.3) is 5.91 Å². The molecule has 0 aromatic heterocycles. The molecule has 1 saturated heterocycles. The molecule has 0 spiro atoms. The lowest BCUT2D eigenvalue weighted by Gasteiger charge is -2.30. The van der Waals surface area contributed by atoms with E-state index in [1.807, 2.05) is 0 Å². The topological polar surface area (TPSA) is 95.6 Å². The summed E-state index contributed by atoms with van der Waals surface area (Å²) in [6, 6.07) is 4.74. The summed E-state index contributed by atoms with van der Waals surface area (Å²) in [7, 11) is 1.52. The molecule has 1 aliphatic carbocycles. The summed E-state index contributed by atoms with van der Waals surface area (Å²) >= 11 is 0. The zero-order valence-corrected chi connectivity index (χ0v) is 14.1. The van der Waals surface area contributed by atoms with Gasteiger partial charge in [-0.2, -0.15) is 0 Å². The van der Waals surface area contributed by atoms with E-state index in [0.29, 0.717) is 12.3 Å². The third-order valence-electron chi connectivity index (χ3n) is 4.88. The zero-order valence-electron chi connectivity index (χ0n) is 14.1. The Labute approximate surface area is 145 Å². The van der Waals surface area contributed by atoms with E-state index in [1.165, 1.54) is 18.4 Å². The van der Waals surface area contributed by atoms with E-state index in [1.54, 1.807) is 18.2 Å². The molecular formula is C18H21N3O4. The molecule has 3 rings (SSSR count). The Morgan fingerprint density at radius 1 is 1.28 bits per heavy atom. The van der Waals surface area contributed by atoms with Gasteiger partial charge in [-0.25, -0.2) is 0 Å². The molecule has 1 aromatic rings. The number of likely N-dealkylation sites (N-methyl/N-ethyl adjacent to an activating group) is 1. The predicted molar refractivity (Wildman–Crippen MR) is 91.4 cm³/mol. The van der Waals surface area contributed by atoms with Crippen LogP contribution >= 0.6 is 0 Å². The van der Waals surface area contributed by atoms with Crippen molar-refractivity contribution in [3.05, 3.63) is 29.3 Å². The van der Waals surface area contributed by atoms with E-state index < -0.39 is 17.9 Å². The van der Waals surface area contributed by atoms with Gasteiger partial charge in [0, 0.05) is 30.8 Å². The van der Waals surface area contributed by atoms with Gasteiger partial charge in [0.1, 0.15) is 6.04 Å². The molecule has 25 heavy (non-hydrogen) atoms. The summed E-state index contributed by atoms with van der Waals surface area (Å²) < 4.78 is 0. The summed E-state index contributed by atoms with van der Waals surface area (Å²) in [5.41, 5.74) is 1.32. The number of carbonyl (C=O) groups is 4. The van der Waals surface area contributed by atoms with Crippen LogP contribution in [0.1, 0.15) is 52.8 Å². The van der Waals surface area contributed by atoms with Gasteiger partial charge < -0.3 is 10.2 Å². The van der Waals surface area contributed by atoms with E-state index in [0.717, 1.165) is 18.5 Å². The highest BCUT2D eigenvalue weighted by atomic mass is 16.2. The quantitative estimate of drug-likeness (QED) is 0.621. The SMILES string of the molecule is CN(C(=O)c1cc(NC2CCC2)ccc1C=O)C1CCC(=O)NC1=O. The number of imide groups is 1. The van der Waals surface area contributed by atoms with Crippen LogP contribution in [-0.2, 0) is 9.59 Å². The van der Waals surface area contributed by atoms with Crippen LogP contribution in [0.4, 0.5) is 5.69 Å². The second-order valence-corrected chi connectivity index (χ2v) is 6.58. The minimum Gasteiger partial charge on any atom is -0.382 e. The highest BCUT2D eigenvalue weighted by molar-refractivity contribution is 6.06. The Hall–Kier alpha value is -2.70. The van der Waals surface area contributed by atoms with E-state index in [4.69, 9.17) is 0 Å². The molecule has 1 saturated carbocycles. The third-order valence-corrected chi connectivity index (χ3v) is 4.88. The number of carbonyl (C=O) groups excluding carboxylic acids is 4. The van der Waals surface area contributed by atoms with Crippen LogP contribution < -0.4 is 10.6 Å². The maximum Gasteiger partial charge on any atom is 0.255 e. The van der Waals surface area contributed by atoms with Gasteiger partial charge in [-0.05, 0) is 43.9 Å². The number of aldehydes is 1. The lowest BCUT2D eigenvalue weighted by Crippen LogP contribution is -2.53. The van der Waals surface area contributed by atoms with Crippen LogP contribution in [0, 0.1) is 0 Å². The van der Waals surface area contributed by atoms with E-state index >= 15 is 0 Å². The van der Waals surface area contributed by atoms with Crippen LogP contribution in [0.5, 0.6) is 0 Å². The second-order valence-electron chi connectivity index (χ2n) is 6.58. The zero-order chi connectivity index (χ0) is 18.0. The standard InChI is InChI=1S/C18H21N3O4/c1-21(15-7-8-16(23)20-17(15)24)18(25)14-9-13(6-5-11(14)10-22)19-12-3-2-4-12/h5-6,9-10,12,15,19H,2-4,7-8H2,1H3,(H,20,23,24). The number of nitrogens with zero attached hydrogens (tertiary/aromatic N) is 1. The van der Waals surface area contributed by atoms with Crippen molar-refractivity contribution < 1.29 is 19.2 Å². The molecule has 1 aromatic carbocycles. The Bertz CT molecular complexity index is 727. The Morgan fingerprint density at radius 2 is 2.04 bits per heavy atom. The smallest absolute Gasteiger partial charge is 0.255 e. The fourth-order valence-electron chi connectivity index (χ4n) is 3.11. The van der Waals surface area contributed by atoms with Crippen molar-refractivity contribution in [1.29, 1.82) is 0 Å². The highest BCUT2D eigenvalue weighted by Crippen LogP contribution is 2.25. The molecule has 1 heterocycles. The second kappa shape index (κ2) is 7.04. The van der Waals surface area contributed by atoms with Gasteiger partial charge in [0.15, 0.2) is 6.29 Å². The van der Waals surface area contributed by atoms with Crippen LogP contribution in [0.3, 0.4) is 0 Å². The average Bonchev–Trinajstić information content (AvgIpc) is 2.56. The van der Waals surface area contributed by atoms with E-state index in [9.17, 15) is 19.2 Å². The molecule has 0 bridgehead atoms. The fraction of sp³-hybridized carbons (Fsp3) is 0.444. The van der Waals surface area contributed by atoms with Crippen LogP contribution in [0.2, 0.25) is 0 Å². The third kappa shape index (κ3) is 3.55. The van der Waals surface area contributed by atoms with Gasteiger partial charge in [-0.15, -0.1) is 0 Å². The van der Waals surface area contributed by atoms with E-state index in [-0.39, 0.29) is 29.9 Å². The van der Waals surface area contributed by atoms with Crippen molar-refractivity contribution in [3.63, 3.8) is 0 Å². The predicted octanol–water partition coefficient (Wildman–Crippen LogP) is 1.34. The lowest BCUT2D eigenvalue weighted by molar-refractivity contribution is -0.136. The lowest BCUT2D eigenvalue weighted by atomic mass is 9.92. The van der Waals surface area contributed by atoms with Crippen molar-refractivity contribution in [2.75, 3.05) is 12.4 Å². The summed E-state index contributed by atoms with van der Waals surface area (Å²) in [6.45, 7) is 0. The Morgan fingerprint density at radius 3 is 2.64 bits per heavy atom. The largest absolute Gasteiger partial charge is 0.382 e. The molecule has 1 aliphatic heterocycles. The van der Waals surface area contributed by atoms with Crippen molar-refractivity contribution in [2.45, 2.75) is 44.2 Å². The number of benzene rings is 1. The first kappa shape index (κ1) is 17.1. The monoisotopic (exact) mass is 343 g/mol. The molecular weight excluding hydrogens is 322 g/mol. The van der Waals surface area contributed by atoms with Crippen LogP contribution in [0.25, 0.3) is 0 Å². The number of piperidine rings is 1. The molecule has 132 valence electrons. The molecule has 7 heteroatoms. The van der Waals surface area contributed by atoms with Crippen molar-refractivity contribution in [2.24, 2.45) is 0 Å². The molecule has 0 radical (unpaired) electrons. The summed E-state index contributed by atoms with van der Waals surface area (Å²) in [5, 5.41) is 5.59. The fourth-order valence-corrected chi connectivity index (χ4v) is 3.11. The molecule has 1 unspecified atom stereocenters. The molecule has 3 amide bonds. The minimum atomic E-state index is -0.715. The number of hydrogen-bond donors (Lipinski definition) is 2. The maximum absolute atomic E-state index is 12.8. The molecule has 7 nitrogen and oxygen atoms in total. The molecule has 2 N–H and O–H groups in total. The van der Waals surface area contributed by atoms with Gasteiger partial charge in [0.05, 0.1) is 5.56 Å². The first-order valence-electron chi connectivity index (χ1n) is 8.46. The number of amides is 3. The van der Waals surface area contributed by atoms with Gasteiger partial charge in [0.2, 0.25) is 11.8 Å². The van der Waals surface area contributed by atoms with Gasteiger partial charge >= 0.3 is 0 Å². The maximum atomic E-state index is 12.8. The normalized spacial score (nSPS) is 20.4. The van der Waals surface area contributed by atoms with Crippen molar-refractivity contribution in [1.82, 2.24) is 10.2 Å². The van der Waals surface area contributed by atoms with Crippen molar-refractivity contribution >= 4 is 29.7 Å². The molecule has 2 fully saturated rings. The van der Waals surface area contributed by atoms with Crippen LogP contribution in [0.15, 0.2) is 18.2 Å². The highest BCUT2D eigenvalue weighted by Gasteiger charge is 2.33. The minimum absolute atomic E-state index is 0.192.